The third-order valence-corrected chi connectivity index (χ3v) is 5.69. The van der Waals surface area contributed by atoms with Crippen molar-refractivity contribution in [2.24, 2.45) is 0 Å². The van der Waals surface area contributed by atoms with Crippen LogP contribution in [-0.4, -0.2) is 31.4 Å². The molecule has 0 unspecified atom stereocenters. The molecule has 0 saturated carbocycles. The predicted molar refractivity (Wildman–Crippen MR) is 108 cm³/mol. The van der Waals surface area contributed by atoms with Gasteiger partial charge in [0.1, 0.15) is 16.3 Å². The topological polar surface area (TPSA) is 92.7 Å². The van der Waals surface area contributed by atoms with E-state index in [0.717, 1.165) is 40.2 Å². The molecule has 2 N–H and O–H groups in total. The number of aryl methyl sites for hydroxylation is 1. The number of halogens is 2. The lowest BCUT2D eigenvalue weighted by Crippen LogP contribution is -2.22. The fraction of sp³-hybridized carbons (Fsp3) is 0.111. The van der Waals surface area contributed by atoms with Crippen LogP contribution in [0.4, 0.5) is 14.6 Å². The van der Waals surface area contributed by atoms with Gasteiger partial charge in [0, 0.05) is 17.8 Å². The lowest BCUT2D eigenvalue weighted by molar-refractivity contribution is -0.113. The molecule has 3 aromatic heterocycles. The first-order valence-electron chi connectivity index (χ1n) is 8.32. The summed E-state index contributed by atoms with van der Waals surface area (Å²) < 4.78 is 28.9. The van der Waals surface area contributed by atoms with Crippen LogP contribution in [0.25, 0.3) is 15.9 Å². The molecule has 4 rings (SSSR count). The number of carbonyl (C=O) groups excluding carboxylic acids is 1. The van der Waals surface area contributed by atoms with Crippen LogP contribution in [0, 0.1) is 18.6 Å². The summed E-state index contributed by atoms with van der Waals surface area (Å²) in [7, 11) is 0. The Morgan fingerprint density at radius 1 is 1.28 bits per heavy atom. The number of carbonyl (C=O) groups is 1. The number of amides is 1. The number of fused-ring (bicyclic) bond motifs is 1. The van der Waals surface area contributed by atoms with Crippen LogP contribution >= 0.6 is 23.1 Å². The molecule has 29 heavy (non-hydrogen) atoms. The quantitative estimate of drug-likeness (QED) is 0.371. The largest absolute Gasteiger partial charge is 0.308 e. The van der Waals surface area contributed by atoms with Crippen LogP contribution < -0.4 is 10.9 Å². The first kappa shape index (κ1) is 19.3. The first-order valence-corrected chi connectivity index (χ1v) is 10.2. The summed E-state index contributed by atoms with van der Waals surface area (Å²) in [5.74, 6) is -1.70. The molecular weight excluding hydrogens is 420 g/mol. The van der Waals surface area contributed by atoms with Crippen molar-refractivity contribution in [1.82, 2.24) is 19.7 Å². The molecular formula is C18H13F2N5O2S2. The van der Waals surface area contributed by atoms with Gasteiger partial charge in [-0.25, -0.2) is 13.8 Å². The molecule has 0 atom stereocenters. The molecule has 0 aliphatic carbocycles. The highest BCUT2D eigenvalue weighted by Crippen LogP contribution is 2.24. The smallest absolute Gasteiger partial charge is 0.276 e. The van der Waals surface area contributed by atoms with Gasteiger partial charge < -0.3 is 5.32 Å². The summed E-state index contributed by atoms with van der Waals surface area (Å²) in [4.78, 5) is 29.6. The molecule has 1 amide bonds. The zero-order chi connectivity index (χ0) is 20.5. The molecule has 3 heterocycles. The Morgan fingerprint density at radius 2 is 2.03 bits per heavy atom. The van der Waals surface area contributed by atoms with Crippen molar-refractivity contribution in [2.75, 3.05) is 11.1 Å². The van der Waals surface area contributed by atoms with Crippen LogP contribution in [0.1, 0.15) is 5.69 Å². The summed E-state index contributed by atoms with van der Waals surface area (Å²) in [5, 5.41) is 11.1. The monoisotopic (exact) mass is 433 g/mol. The maximum Gasteiger partial charge on any atom is 0.276 e. The van der Waals surface area contributed by atoms with E-state index >= 15 is 0 Å². The van der Waals surface area contributed by atoms with Gasteiger partial charge in [-0.05, 0) is 30.5 Å². The van der Waals surface area contributed by atoms with Crippen LogP contribution in [0.5, 0.6) is 0 Å². The highest BCUT2D eigenvalue weighted by molar-refractivity contribution is 7.99. The Labute approximate surface area is 170 Å². The minimum atomic E-state index is -0.819. The molecule has 0 saturated heterocycles. The van der Waals surface area contributed by atoms with E-state index < -0.39 is 17.2 Å². The van der Waals surface area contributed by atoms with Crippen molar-refractivity contribution in [2.45, 2.75) is 12.1 Å². The molecule has 0 aliphatic rings. The van der Waals surface area contributed by atoms with Gasteiger partial charge >= 0.3 is 0 Å². The normalized spacial score (nSPS) is 11.1. The number of hydrogen-bond donors (Lipinski definition) is 2. The second kappa shape index (κ2) is 7.76. The van der Waals surface area contributed by atoms with Crippen molar-refractivity contribution in [1.29, 1.82) is 0 Å². The molecule has 0 radical (unpaired) electrons. The van der Waals surface area contributed by atoms with Gasteiger partial charge in [-0.15, -0.1) is 11.3 Å². The number of aromatic amines is 1. The molecule has 11 heteroatoms. The van der Waals surface area contributed by atoms with E-state index in [1.165, 1.54) is 11.3 Å². The number of nitrogens with zero attached hydrogens (tertiary/aromatic N) is 3. The number of benzene rings is 1. The second-order valence-corrected chi connectivity index (χ2v) is 7.93. The zero-order valence-corrected chi connectivity index (χ0v) is 16.5. The highest BCUT2D eigenvalue weighted by atomic mass is 32.2. The minimum absolute atomic E-state index is 0.00105. The van der Waals surface area contributed by atoms with Gasteiger partial charge in [-0.3, -0.25) is 19.3 Å². The molecule has 0 bridgehead atoms. The van der Waals surface area contributed by atoms with E-state index in [0.29, 0.717) is 16.0 Å². The number of thiophene rings is 1. The Balaban J connectivity index is 1.69. The Morgan fingerprint density at radius 3 is 2.72 bits per heavy atom. The number of thioether (sulfide) groups is 1. The summed E-state index contributed by atoms with van der Waals surface area (Å²) >= 11 is 2.17. The third-order valence-electron chi connectivity index (χ3n) is 3.86. The third kappa shape index (κ3) is 4.05. The Kier molecular flexibility index (Phi) is 5.16. The van der Waals surface area contributed by atoms with E-state index in [1.807, 2.05) is 0 Å². The first-order chi connectivity index (χ1) is 13.9. The molecule has 7 nitrogen and oxygen atoms in total. The zero-order valence-electron chi connectivity index (χ0n) is 14.9. The maximum atomic E-state index is 13.7. The minimum Gasteiger partial charge on any atom is -0.308 e. The molecule has 4 aromatic rings. The molecule has 0 aliphatic heterocycles. The van der Waals surface area contributed by atoms with Gasteiger partial charge in [0.2, 0.25) is 5.91 Å². The molecule has 148 valence electrons. The molecule has 0 fully saturated rings. The number of anilines is 1. The van der Waals surface area contributed by atoms with E-state index in [4.69, 9.17) is 0 Å². The van der Waals surface area contributed by atoms with E-state index in [2.05, 4.69) is 20.5 Å². The maximum absolute atomic E-state index is 13.7. The summed E-state index contributed by atoms with van der Waals surface area (Å²) in [6, 6.07) is 6.15. The van der Waals surface area contributed by atoms with Gasteiger partial charge in [0.25, 0.3) is 5.56 Å². The van der Waals surface area contributed by atoms with Crippen LogP contribution in [0.2, 0.25) is 0 Å². The van der Waals surface area contributed by atoms with E-state index in [9.17, 15) is 18.4 Å². The number of nitrogens with one attached hydrogen (secondary N) is 2. The van der Waals surface area contributed by atoms with E-state index in [-0.39, 0.29) is 22.5 Å². The van der Waals surface area contributed by atoms with Gasteiger partial charge in [0.05, 0.1) is 17.0 Å². The second-order valence-electron chi connectivity index (χ2n) is 6.07. The van der Waals surface area contributed by atoms with Gasteiger partial charge in [0.15, 0.2) is 11.0 Å². The summed E-state index contributed by atoms with van der Waals surface area (Å²) in [6.07, 6.45) is 0. The van der Waals surface area contributed by atoms with Crippen molar-refractivity contribution >= 4 is 45.0 Å². The highest BCUT2D eigenvalue weighted by Gasteiger charge is 2.17. The fourth-order valence-corrected chi connectivity index (χ4v) is 4.25. The van der Waals surface area contributed by atoms with Crippen LogP contribution in [0.15, 0.2) is 45.7 Å². The van der Waals surface area contributed by atoms with Crippen LogP contribution in [0.3, 0.4) is 0 Å². The number of rotatable bonds is 5. The lowest BCUT2D eigenvalue weighted by Gasteiger charge is -2.12. The average Bonchev–Trinajstić information content (AvgIpc) is 3.28. The van der Waals surface area contributed by atoms with Gasteiger partial charge in [-0.1, -0.05) is 11.8 Å². The number of H-pyrrole nitrogens is 1. The van der Waals surface area contributed by atoms with Crippen molar-refractivity contribution < 1.29 is 13.6 Å². The summed E-state index contributed by atoms with van der Waals surface area (Å²) in [5.41, 5.74) is 0.792. The Hall–Kier alpha value is -3.05. The van der Waals surface area contributed by atoms with Crippen molar-refractivity contribution in [3.05, 3.63) is 63.4 Å². The van der Waals surface area contributed by atoms with Crippen molar-refractivity contribution in [3.63, 3.8) is 0 Å². The number of aromatic nitrogens is 4. The number of hydrogen-bond acceptors (Lipinski definition) is 6. The SMILES string of the molecule is Cc1cc(NC(=O)CSc2nc3ccsc3c(=O)n2-c2cc(F)cc(F)c2)n[nH]1. The van der Waals surface area contributed by atoms with E-state index in [1.54, 1.807) is 24.4 Å². The summed E-state index contributed by atoms with van der Waals surface area (Å²) in [6.45, 7) is 1.80. The molecule has 0 spiro atoms. The predicted octanol–water partition coefficient (Wildman–Crippen LogP) is 3.49. The lowest BCUT2D eigenvalue weighted by atomic mass is 10.3. The van der Waals surface area contributed by atoms with Crippen molar-refractivity contribution in [3.8, 4) is 5.69 Å². The standard InChI is InChI=1S/C18H13F2N5O2S2/c1-9-4-14(24-23-9)22-15(26)8-29-18-21-13-2-3-28-16(13)17(27)25(18)12-6-10(19)5-11(20)7-12/h2-7H,8H2,1H3,(H2,22,23,24,26). The van der Waals surface area contributed by atoms with Crippen LogP contribution in [-0.2, 0) is 4.79 Å². The van der Waals surface area contributed by atoms with Gasteiger partial charge in [-0.2, -0.15) is 5.10 Å². The average molecular weight is 433 g/mol. The Bertz CT molecular complexity index is 1260. The fourth-order valence-electron chi connectivity index (χ4n) is 2.68. The molecule has 1 aromatic carbocycles.